The predicted octanol–water partition coefficient (Wildman–Crippen LogP) is -0.0519. The van der Waals surface area contributed by atoms with Gasteiger partial charge in [0.05, 0.1) is 18.8 Å². The lowest BCUT2D eigenvalue weighted by Crippen LogP contribution is -2.49. The number of nitriles is 1. The molecule has 1 aliphatic rings. The summed E-state index contributed by atoms with van der Waals surface area (Å²) in [4.78, 5) is 2.24. The van der Waals surface area contributed by atoms with E-state index < -0.39 is 0 Å². The predicted molar refractivity (Wildman–Crippen MR) is 50.1 cm³/mol. The lowest BCUT2D eigenvalue weighted by Gasteiger charge is -2.34. The quantitative estimate of drug-likeness (QED) is 0.666. The molecule has 0 radical (unpaired) electrons. The standard InChI is InChI=1S/C9H17N3O/c1-8(11)9-7-12(4-2-3-10)5-6-13-9/h8-9H,2,4-7,11H2,1H3. The molecule has 0 aromatic rings. The summed E-state index contributed by atoms with van der Waals surface area (Å²) in [6, 6.07) is 2.22. The Morgan fingerprint density at radius 3 is 3.15 bits per heavy atom. The third-order valence-corrected chi connectivity index (χ3v) is 2.30. The fourth-order valence-electron chi connectivity index (χ4n) is 1.46. The summed E-state index contributed by atoms with van der Waals surface area (Å²) >= 11 is 0. The van der Waals surface area contributed by atoms with Gasteiger partial charge in [-0.05, 0) is 6.92 Å². The van der Waals surface area contributed by atoms with E-state index in [1.165, 1.54) is 0 Å². The summed E-state index contributed by atoms with van der Waals surface area (Å²) in [6.45, 7) is 5.31. The van der Waals surface area contributed by atoms with Crippen LogP contribution in [0.1, 0.15) is 13.3 Å². The Balaban J connectivity index is 2.29. The molecule has 0 spiro atoms. The van der Waals surface area contributed by atoms with E-state index in [1.54, 1.807) is 0 Å². The van der Waals surface area contributed by atoms with Crippen molar-refractivity contribution in [1.82, 2.24) is 4.90 Å². The molecule has 1 saturated heterocycles. The van der Waals surface area contributed by atoms with Crippen molar-refractivity contribution in [3.05, 3.63) is 0 Å². The van der Waals surface area contributed by atoms with Gasteiger partial charge in [-0.1, -0.05) is 0 Å². The molecule has 0 amide bonds. The highest BCUT2D eigenvalue weighted by atomic mass is 16.5. The average molecular weight is 183 g/mol. The van der Waals surface area contributed by atoms with E-state index in [0.29, 0.717) is 6.42 Å². The molecule has 1 heterocycles. The molecule has 74 valence electrons. The number of hydrogen-bond donors (Lipinski definition) is 1. The molecule has 2 atom stereocenters. The maximum Gasteiger partial charge on any atom is 0.0850 e. The van der Waals surface area contributed by atoms with Gasteiger partial charge >= 0.3 is 0 Å². The van der Waals surface area contributed by atoms with E-state index in [1.807, 2.05) is 6.92 Å². The van der Waals surface area contributed by atoms with Crippen molar-refractivity contribution in [2.75, 3.05) is 26.2 Å². The number of hydrogen-bond acceptors (Lipinski definition) is 4. The first kappa shape index (κ1) is 10.5. The number of morpholine rings is 1. The zero-order valence-corrected chi connectivity index (χ0v) is 8.07. The lowest BCUT2D eigenvalue weighted by molar-refractivity contribution is -0.0368. The molecule has 1 rings (SSSR count). The highest BCUT2D eigenvalue weighted by Gasteiger charge is 2.22. The second kappa shape index (κ2) is 5.18. The van der Waals surface area contributed by atoms with Crippen LogP contribution in [0.25, 0.3) is 0 Å². The molecule has 4 nitrogen and oxygen atoms in total. The molecule has 0 aromatic heterocycles. The van der Waals surface area contributed by atoms with Crippen LogP contribution in [0.4, 0.5) is 0 Å². The summed E-state index contributed by atoms with van der Waals surface area (Å²) in [6.07, 6.45) is 0.721. The van der Waals surface area contributed by atoms with Crippen LogP contribution in [0.3, 0.4) is 0 Å². The molecular weight excluding hydrogens is 166 g/mol. The van der Waals surface area contributed by atoms with Crippen molar-refractivity contribution in [3.63, 3.8) is 0 Å². The lowest BCUT2D eigenvalue weighted by atomic mass is 10.1. The fraction of sp³-hybridized carbons (Fsp3) is 0.889. The number of nitrogens with zero attached hydrogens (tertiary/aromatic N) is 2. The Hall–Kier alpha value is -0.630. The van der Waals surface area contributed by atoms with Crippen LogP contribution in [0.5, 0.6) is 0 Å². The minimum absolute atomic E-state index is 0.0740. The van der Waals surface area contributed by atoms with Crippen LogP contribution in [0.15, 0.2) is 0 Å². The summed E-state index contributed by atoms with van der Waals surface area (Å²) in [5, 5.41) is 8.44. The molecule has 2 N–H and O–H groups in total. The van der Waals surface area contributed by atoms with E-state index in [9.17, 15) is 0 Å². The third-order valence-electron chi connectivity index (χ3n) is 2.30. The topological polar surface area (TPSA) is 62.3 Å². The van der Waals surface area contributed by atoms with Gasteiger partial charge in [0.2, 0.25) is 0 Å². The van der Waals surface area contributed by atoms with Crippen LogP contribution in [-0.4, -0.2) is 43.3 Å². The van der Waals surface area contributed by atoms with Gasteiger partial charge < -0.3 is 10.5 Å². The molecule has 1 fully saturated rings. The van der Waals surface area contributed by atoms with Gasteiger partial charge in [0.25, 0.3) is 0 Å². The van der Waals surface area contributed by atoms with E-state index in [2.05, 4.69) is 11.0 Å². The molecule has 0 saturated carbocycles. The normalized spacial score (nSPS) is 26.7. The molecule has 13 heavy (non-hydrogen) atoms. The molecular formula is C9H17N3O. The number of rotatable bonds is 3. The Bertz CT molecular complexity index is 188. The third kappa shape index (κ3) is 3.31. The smallest absolute Gasteiger partial charge is 0.0850 e. The first-order chi connectivity index (χ1) is 6.24. The Kier molecular flexibility index (Phi) is 4.16. The monoisotopic (exact) mass is 183 g/mol. The van der Waals surface area contributed by atoms with Gasteiger partial charge in [-0.25, -0.2) is 0 Å². The van der Waals surface area contributed by atoms with Crippen molar-refractivity contribution in [3.8, 4) is 6.07 Å². The van der Waals surface area contributed by atoms with E-state index in [-0.39, 0.29) is 12.1 Å². The van der Waals surface area contributed by atoms with Crippen LogP contribution < -0.4 is 5.73 Å². The summed E-state index contributed by atoms with van der Waals surface area (Å²) in [5.74, 6) is 0. The van der Waals surface area contributed by atoms with Crippen LogP contribution in [-0.2, 0) is 4.74 Å². The van der Waals surface area contributed by atoms with Gasteiger partial charge in [-0.2, -0.15) is 5.26 Å². The zero-order valence-electron chi connectivity index (χ0n) is 8.07. The second-order valence-electron chi connectivity index (χ2n) is 3.48. The maximum absolute atomic E-state index is 8.44. The van der Waals surface area contributed by atoms with Crippen LogP contribution >= 0.6 is 0 Å². The highest BCUT2D eigenvalue weighted by Crippen LogP contribution is 2.07. The molecule has 0 bridgehead atoms. The van der Waals surface area contributed by atoms with Gasteiger partial charge in [0.1, 0.15) is 0 Å². The first-order valence-electron chi connectivity index (χ1n) is 4.70. The summed E-state index contributed by atoms with van der Waals surface area (Å²) in [7, 11) is 0. The number of nitrogens with two attached hydrogens (primary N) is 1. The van der Waals surface area contributed by atoms with Crippen LogP contribution in [0.2, 0.25) is 0 Å². The molecule has 0 aromatic carbocycles. The van der Waals surface area contributed by atoms with E-state index in [4.69, 9.17) is 15.7 Å². The van der Waals surface area contributed by atoms with Crippen molar-refractivity contribution in [2.24, 2.45) is 5.73 Å². The number of ether oxygens (including phenoxy) is 1. The van der Waals surface area contributed by atoms with Gasteiger partial charge in [0, 0.05) is 32.1 Å². The Morgan fingerprint density at radius 1 is 1.77 bits per heavy atom. The highest BCUT2D eigenvalue weighted by molar-refractivity contribution is 4.80. The van der Waals surface area contributed by atoms with Gasteiger partial charge in [0.15, 0.2) is 0 Å². The Labute approximate surface area is 79.3 Å². The van der Waals surface area contributed by atoms with Gasteiger partial charge in [-0.3, -0.25) is 4.90 Å². The fourth-order valence-corrected chi connectivity index (χ4v) is 1.46. The molecule has 4 heteroatoms. The molecule has 1 aliphatic heterocycles. The van der Waals surface area contributed by atoms with Gasteiger partial charge in [-0.15, -0.1) is 0 Å². The van der Waals surface area contributed by atoms with Crippen molar-refractivity contribution in [2.45, 2.75) is 25.5 Å². The minimum atomic E-state index is 0.0740. The van der Waals surface area contributed by atoms with E-state index >= 15 is 0 Å². The van der Waals surface area contributed by atoms with E-state index in [0.717, 1.165) is 26.2 Å². The van der Waals surface area contributed by atoms with Crippen LogP contribution in [0, 0.1) is 11.3 Å². The van der Waals surface area contributed by atoms with Crippen molar-refractivity contribution < 1.29 is 4.74 Å². The minimum Gasteiger partial charge on any atom is -0.374 e. The van der Waals surface area contributed by atoms with Crippen molar-refractivity contribution in [1.29, 1.82) is 5.26 Å². The average Bonchev–Trinajstić information content (AvgIpc) is 2.15. The summed E-state index contributed by atoms with van der Waals surface area (Å²) < 4.78 is 5.50. The maximum atomic E-state index is 8.44. The summed E-state index contributed by atoms with van der Waals surface area (Å²) in [5.41, 5.74) is 5.74. The largest absolute Gasteiger partial charge is 0.374 e. The van der Waals surface area contributed by atoms with Crippen molar-refractivity contribution >= 4 is 0 Å². The Morgan fingerprint density at radius 2 is 2.54 bits per heavy atom. The second-order valence-corrected chi connectivity index (χ2v) is 3.48. The first-order valence-corrected chi connectivity index (χ1v) is 4.70. The molecule has 0 aliphatic carbocycles. The zero-order chi connectivity index (χ0) is 9.68. The molecule has 2 unspecified atom stereocenters. The SMILES string of the molecule is CC(N)C1CN(CCC#N)CCO1.